The number of benzene rings is 2. The Morgan fingerprint density at radius 2 is 1.73 bits per heavy atom. The van der Waals surface area contributed by atoms with Gasteiger partial charge in [-0.3, -0.25) is 10.3 Å². The number of carbonyl (C=O) groups excluding carboxylic acids is 2. The number of amides is 3. The molecule has 0 spiro atoms. The number of carbonyl (C=O) groups is 2. The van der Waals surface area contributed by atoms with Crippen molar-refractivity contribution in [2.45, 2.75) is 52.7 Å². The van der Waals surface area contributed by atoms with Gasteiger partial charge in [-0.05, 0) is 81.5 Å². The lowest BCUT2D eigenvalue weighted by atomic mass is 10.1. The molecule has 208 valence electrons. The van der Waals surface area contributed by atoms with Crippen molar-refractivity contribution in [1.29, 1.82) is 0 Å². The summed E-state index contributed by atoms with van der Waals surface area (Å²) in [6.07, 6.45) is 4.01. The number of rotatable bonds is 8. The monoisotopic (exact) mass is 543 g/mol. The van der Waals surface area contributed by atoms with Crippen molar-refractivity contribution < 1.29 is 18.7 Å². The smallest absolute Gasteiger partial charge is 0.412 e. The topological polar surface area (TPSA) is 127 Å². The largest absolute Gasteiger partial charge is 0.444 e. The van der Waals surface area contributed by atoms with Crippen LogP contribution in [0.15, 0.2) is 76.2 Å². The number of aryl methyl sites for hydroxylation is 2. The summed E-state index contributed by atoms with van der Waals surface area (Å²) >= 11 is 0. The van der Waals surface area contributed by atoms with Crippen LogP contribution in [-0.2, 0) is 17.7 Å². The molecule has 2 aromatic heterocycles. The minimum atomic E-state index is -0.674. The standard InChI is InChI=1S/C30H33N5O5/c1-20-23(34-29(38)40-30(2,3)4)12-13-24-25(20)26(36)39-28(33-24)35(18-8-11-21-9-6-5-7-10-21)27(37)32-19-22-14-16-31-17-15-22/h5-7,9-10,12-17H,8,11,18-19H2,1-4H3,(H,32,37)(H,34,38). The minimum absolute atomic E-state index is 0.106. The molecule has 2 heterocycles. The highest BCUT2D eigenvalue weighted by molar-refractivity contribution is 5.94. The van der Waals surface area contributed by atoms with Gasteiger partial charge >= 0.3 is 23.8 Å². The first-order chi connectivity index (χ1) is 19.1. The highest BCUT2D eigenvalue weighted by atomic mass is 16.6. The summed E-state index contributed by atoms with van der Waals surface area (Å²) in [5, 5.41) is 5.75. The number of ether oxygens (including phenoxy) is 1. The average molecular weight is 544 g/mol. The van der Waals surface area contributed by atoms with E-state index in [-0.39, 0.29) is 24.5 Å². The predicted octanol–water partition coefficient (Wildman–Crippen LogP) is 5.59. The third-order valence-electron chi connectivity index (χ3n) is 6.04. The fraction of sp³-hybridized carbons (Fsp3) is 0.300. The Balaban J connectivity index is 1.60. The fourth-order valence-electron chi connectivity index (χ4n) is 4.12. The molecule has 0 aliphatic heterocycles. The minimum Gasteiger partial charge on any atom is -0.444 e. The number of hydrogen-bond donors (Lipinski definition) is 2. The lowest BCUT2D eigenvalue weighted by Gasteiger charge is -2.21. The second-order valence-electron chi connectivity index (χ2n) is 10.3. The molecular weight excluding hydrogens is 510 g/mol. The molecule has 0 atom stereocenters. The lowest BCUT2D eigenvalue weighted by Crippen LogP contribution is -2.41. The van der Waals surface area contributed by atoms with Gasteiger partial charge in [0, 0.05) is 31.2 Å². The molecule has 2 aromatic carbocycles. The Kier molecular flexibility index (Phi) is 8.78. The number of nitrogens with zero attached hydrogens (tertiary/aromatic N) is 3. The van der Waals surface area contributed by atoms with E-state index in [9.17, 15) is 14.4 Å². The summed E-state index contributed by atoms with van der Waals surface area (Å²) in [5.74, 6) is 0. The Bertz CT molecular complexity index is 1530. The van der Waals surface area contributed by atoms with Crippen LogP contribution in [0.3, 0.4) is 0 Å². The van der Waals surface area contributed by atoms with Crippen molar-refractivity contribution in [3.8, 4) is 0 Å². The van der Waals surface area contributed by atoms with Crippen molar-refractivity contribution in [3.63, 3.8) is 0 Å². The second kappa shape index (κ2) is 12.4. The van der Waals surface area contributed by atoms with E-state index in [4.69, 9.17) is 9.15 Å². The van der Waals surface area contributed by atoms with E-state index in [2.05, 4.69) is 20.6 Å². The predicted molar refractivity (Wildman–Crippen MR) is 153 cm³/mol. The Morgan fingerprint density at radius 3 is 2.42 bits per heavy atom. The van der Waals surface area contributed by atoms with Crippen molar-refractivity contribution in [2.75, 3.05) is 16.8 Å². The summed E-state index contributed by atoms with van der Waals surface area (Å²) in [6.45, 7) is 7.52. The van der Waals surface area contributed by atoms with Gasteiger partial charge in [-0.1, -0.05) is 30.3 Å². The SMILES string of the molecule is Cc1c(NC(=O)OC(C)(C)C)ccc2nc(N(CCCc3ccccc3)C(=O)NCc3ccncc3)oc(=O)c12. The van der Waals surface area contributed by atoms with Gasteiger partial charge in [0.05, 0.1) is 10.9 Å². The van der Waals surface area contributed by atoms with Gasteiger partial charge in [0.1, 0.15) is 5.60 Å². The maximum atomic E-state index is 13.3. The molecule has 4 aromatic rings. The van der Waals surface area contributed by atoms with Crippen LogP contribution in [0.2, 0.25) is 0 Å². The molecule has 0 bridgehead atoms. The number of hydrogen-bond acceptors (Lipinski definition) is 7. The molecule has 10 nitrogen and oxygen atoms in total. The normalized spacial score (nSPS) is 11.2. The average Bonchev–Trinajstić information content (AvgIpc) is 2.91. The zero-order chi connectivity index (χ0) is 28.7. The van der Waals surface area contributed by atoms with E-state index in [1.54, 1.807) is 64.4 Å². The Morgan fingerprint density at radius 1 is 1.00 bits per heavy atom. The summed E-state index contributed by atoms with van der Waals surface area (Å²) in [4.78, 5) is 48.6. The van der Waals surface area contributed by atoms with Crippen LogP contribution in [-0.4, -0.2) is 34.2 Å². The van der Waals surface area contributed by atoms with Crippen LogP contribution in [0.25, 0.3) is 10.9 Å². The summed E-state index contributed by atoms with van der Waals surface area (Å²) < 4.78 is 10.9. The van der Waals surface area contributed by atoms with Crippen molar-refractivity contribution in [1.82, 2.24) is 15.3 Å². The molecule has 0 aliphatic rings. The molecule has 0 aliphatic carbocycles. The number of pyridine rings is 1. The first-order valence-corrected chi connectivity index (χ1v) is 13.0. The molecular formula is C30H33N5O5. The van der Waals surface area contributed by atoms with Crippen LogP contribution in [0.5, 0.6) is 0 Å². The maximum Gasteiger partial charge on any atom is 0.412 e. The molecule has 40 heavy (non-hydrogen) atoms. The lowest BCUT2D eigenvalue weighted by molar-refractivity contribution is 0.0635. The highest BCUT2D eigenvalue weighted by Gasteiger charge is 2.23. The van der Waals surface area contributed by atoms with Gasteiger partial charge in [-0.15, -0.1) is 0 Å². The third kappa shape index (κ3) is 7.43. The van der Waals surface area contributed by atoms with Crippen LogP contribution < -0.4 is 21.2 Å². The van der Waals surface area contributed by atoms with Gasteiger partial charge in [0.15, 0.2) is 0 Å². The van der Waals surface area contributed by atoms with Gasteiger partial charge < -0.3 is 14.5 Å². The van der Waals surface area contributed by atoms with Crippen molar-refractivity contribution in [3.05, 3.63) is 94.1 Å². The Hall–Kier alpha value is -4.73. The molecule has 10 heteroatoms. The van der Waals surface area contributed by atoms with Gasteiger partial charge in [0.2, 0.25) is 0 Å². The molecule has 0 saturated carbocycles. The van der Waals surface area contributed by atoms with Gasteiger partial charge in [0.25, 0.3) is 0 Å². The Labute approximate surface area is 232 Å². The second-order valence-corrected chi connectivity index (χ2v) is 10.3. The first-order valence-electron chi connectivity index (χ1n) is 13.0. The van der Waals surface area contributed by atoms with Crippen LogP contribution in [0.4, 0.5) is 21.3 Å². The number of fused-ring (bicyclic) bond motifs is 1. The third-order valence-corrected chi connectivity index (χ3v) is 6.04. The van der Waals surface area contributed by atoms with E-state index in [0.29, 0.717) is 23.2 Å². The summed E-state index contributed by atoms with van der Waals surface area (Å²) in [7, 11) is 0. The zero-order valence-corrected chi connectivity index (χ0v) is 23.1. The van der Waals surface area contributed by atoms with Crippen LogP contribution in [0.1, 0.15) is 43.9 Å². The molecule has 3 amide bonds. The molecule has 2 N–H and O–H groups in total. The molecule has 0 unspecified atom stereocenters. The molecule has 0 radical (unpaired) electrons. The van der Waals surface area contributed by atoms with E-state index >= 15 is 0 Å². The molecule has 0 fully saturated rings. The number of aromatic nitrogens is 2. The highest BCUT2D eigenvalue weighted by Crippen LogP contribution is 2.25. The van der Waals surface area contributed by atoms with Gasteiger partial charge in [-0.2, -0.15) is 4.98 Å². The van der Waals surface area contributed by atoms with Crippen molar-refractivity contribution in [2.24, 2.45) is 0 Å². The van der Waals surface area contributed by atoms with Crippen LogP contribution >= 0.6 is 0 Å². The van der Waals surface area contributed by atoms with Crippen LogP contribution in [0, 0.1) is 6.92 Å². The number of urea groups is 1. The number of nitrogens with one attached hydrogen (secondary N) is 2. The number of anilines is 2. The van der Waals surface area contributed by atoms with E-state index in [1.807, 2.05) is 30.3 Å². The summed E-state index contributed by atoms with van der Waals surface area (Å²) in [6, 6.07) is 16.2. The first kappa shape index (κ1) is 28.3. The molecule has 4 rings (SSSR count). The van der Waals surface area contributed by atoms with Gasteiger partial charge in [-0.25, -0.2) is 19.3 Å². The quantitative estimate of drug-likeness (QED) is 0.297. The van der Waals surface area contributed by atoms with E-state index in [0.717, 1.165) is 17.5 Å². The van der Waals surface area contributed by atoms with E-state index < -0.39 is 23.4 Å². The maximum absolute atomic E-state index is 13.3. The zero-order valence-electron chi connectivity index (χ0n) is 23.1. The van der Waals surface area contributed by atoms with Crippen molar-refractivity contribution >= 4 is 34.7 Å². The molecule has 0 saturated heterocycles. The fourth-order valence-corrected chi connectivity index (χ4v) is 4.12. The van der Waals surface area contributed by atoms with E-state index in [1.165, 1.54) is 4.90 Å². The summed E-state index contributed by atoms with van der Waals surface area (Å²) in [5.41, 5.74) is 1.89.